The number of halogens is 3. The highest BCUT2D eigenvalue weighted by molar-refractivity contribution is 5.73. The van der Waals surface area contributed by atoms with Gasteiger partial charge in [0, 0.05) is 49.7 Å². The van der Waals surface area contributed by atoms with Crippen LogP contribution in [0.1, 0.15) is 18.4 Å². The Labute approximate surface area is 153 Å². The molecule has 146 valence electrons. The number of fused-ring (bicyclic) bond motifs is 1. The Morgan fingerprint density at radius 1 is 1.22 bits per heavy atom. The van der Waals surface area contributed by atoms with Crippen LogP contribution in [0.25, 0.3) is 0 Å². The molecule has 0 aliphatic carbocycles. The van der Waals surface area contributed by atoms with Gasteiger partial charge in [0.25, 0.3) is 0 Å². The first-order valence-electron chi connectivity index (χ1n) is 8.45. The van der Waals surface area contributed by atoms with Crippen molar-refractivity contribution in [2.75, 3.05) is 18.0 Å². The fraction of sp³-hybridized carbons (Fsp3) is 0.471. The van der Waals surface area contributed by atoms with E-state index in [-0.39, 0.29) is 0 Å². The molecule has 27 heavy (non-hydrogen) atoms. The summed E-state index contributed by atoms with van der Waals surface area (Å²) in [7, 11) is 0. The number of furan rings is 1. The number of hydrogen-bond acceptors (Lipinski definition) is 6. The van der Waals surface area contributed by atoms with Gasteiger partial charge in [-0.15, -0.1) is 0 Å². The van der Waals surface area contributed by atoms with Gasteiger partial charge in [0.2, 0.25) is 5.95 Å². The van der Waals surface area contributed by atoms with Crippen LogP contribution in [0, 0.1) is 0 Å². The summed E-state index contributed by atoms with van der Waals surface area (Å²) in [5.41, 5.74) is 1.26. The molecule has 0 saturated carbocycles. The minimum atomic E-state index is -5.08. The standard InChI is InChI=1S/C15H18N4O.C2HF3O2/c1-5-16-15(17-6-1)19-8-3-13-14(19)2-7-18(13)10-12-4-9-20-11-12;3-2(4,5)1(6)7/h1,4-6,9,11,13-14H,2-3,7-8,10H2;(H,6,7)/t13-,14+;/m1./s1. The summed E-state index contributed by atoms with van der Waals surface area (Å²) < 4.78 is 36.9. The number of hydrogen-bond donors (Lipinski definition) is 1. The topological polar surface area (TPSA) is 82.7 Å². The Morgan fingerprint density at radius 3 is 2.48 bits per heavy atom. The minimum Gasteiger partial charge on any atom is -0.475 e. The van der Waals surface area contributed by atoms with Crippen LogP contribution < -0.4 is 4.90 Å². The Balaban J connectivity index is 0.000000260. The Morgan fingerprint density at radius 2 is 1.89 bits per heavy atom. The molecule has 4 heterocycles. The van der Waals surface area contributed by atoms with E-state index in [9.17, 15) is 13.2 Å². The SMILES string of the molecule is O=C(O)C(F)(F)F.c1cnc(N2CC[C@@H]3[C@@H]2CCN3Cc2ccoc2)nc1. The number of anilines is 1. The molecule has 7 nitrogen and oxygen atoms in total. The van der Waals surface area contributed by atoms with E-state index in [1.165, 1.54) is 18.4 Å². The summed E-state index contributed by atoms with van der Waals surface area (Å²) in [6.45, 7) is 3.19. The van der Waals surface area contributed by atoms with Gasteiger partial charge in [-0.1, -0.05) is 0 Å². The predicted octanol–water partition coefficient (Wildman–Crippen LogP) is 2.56. The zero-order valence-electron chi connectivity index (χ0n) is 14.3. The van der Waals surface area contributed by atoms with Crippen molar-refractivity contribution in [3.8, 4) is 0 Å². The van der Waals surface area contributed by atoms with Crippen LogP contribution in [0.5, 0.6) is 0 Å². The van der Waals surface area contributed by atoms with E-state index in [1.54, 1.807) is 6.26 Å². The third-order valence-electron chi connectivity index (χ3n) is 4.71. The molecule has 0 radical (unpaired) electrons. The highest BCUT2D eigenvalue weighted by atomic mass is 19.4. The van der Waals surface area contributed by atoms with E-state index >= 15 is 0 Å². The molecule has 0 amide bonds. The van der Waals surface area contributed by atoms with Crippen LogP contribution in [0.3, 0.4) is 0 Å². The van der Waals surface area contributed by atoms with Gasteiger partial charge in [0.1, 0.15) is 0 Å². The number of nitrogens with zero attached hydrogens (tertiary/aromatic N) is 4. The molecular weight excluding hydrogens is 365 g/mol. The van der Waals surface area contributed by atoms with E-state index < -0.39 is 12.1 Å². The average molecular weight is 384 g/mol. The summed E-state index contributed by atoms with van der Waals surface area (Å²) >= 11 is 0. The van der Waals surface area contributed by atoms with Gasteiger partial charge in [0.05, 0.1) is 12.5 Å². The Bertz CT molecular complexity index is 740. The van der Waals surface area contributed by atoms with Gasteiger partial charge in [-0.2, -0.15) is 13.2 Å². The fourth-order valence-electron chi connectivity index (χ4n) is 3.58. The number of likely N-dealkylation sites (tertiary alicyclic amines) is 1. The molecule has 2 saturated heterocycles. The maximum atomic E-state index is 10.6. The third kappa shape index (κ3) is 4.57. The number of carboxylic acid groups (broad SMARTS) is 1. The summed E-state index contributed by atoms with van der Waals surface area (Å²) in [4.78, 5) is 22.6. The van der Waals surface area contributed by atoms with Crippen LogP contribution in [-0.4, -0.2) is 57.3 Å². The van der Waals surface area contributed by atoms with Crippen LogP contribution >= 0.6 is 0 Å². The molecule has 0 spiro atoms. The van der Waals surface area contributed by atoms with Crippen LogP contribution in [0.2, 0.25) is 0 Å². The van der Waals surface area contributed by atoms with Crippen LogP contribution in [0.4, 0.5) is 19.1 Å². The molecule has 1 N–H and O–H groups in total. The fourth-order valence-corrected chi connectivity index (χ4v) is 3.58. The van der Waals surface area contributed by atoms with Gasteiger partial charge in [-0.05, 0) is 25.0 Å². The normalized spacial score (nSPS) is 22.3. The molecule has 2 aliphatic heterocycles. The van der Waals surface area contributed by atoms with Gasteiger partial charge >= 0.3 is 12.1 Å². The lowest BCUT2D eigenvalue weighted by molar-refractivity contribution is -0.192. The third-order valence-corrected chi connectivity index (χ3v) is 4.71. The molecule has 10 heteroatoms. The number of carboxylic acids is 1. The molecule has 0 aromatic carbocycles. The number of rotatable bonds is 3. The second-order valence-electron chi connectivity index (χ2n) is 6.36. The number of aliphatic carboxylic acids is 1. The van der Waals surface area contributed by atoms with Gasteiger partial charge in [-0.25, -0.2) is 14.8 Å². The largest absolute Gasteiger partial charge is 0.490 e. The first-order chi connectivity index (χ1) is 12.9. The first kappa shape index (κ1) is 19.2. The summed E-state index contributed by atoms with van der Waals surface area (Å²) in [5, 5.41) is 7.12. The molecule has 2 aromatic rings. The first-order valence-corrected chi connectivity index (χ1v) is 8.45. The van der Waals surface area contributed by atoms with Crippen LogP contribution in [-0.2, 0) is 11.3 Å². The van der Waals surface area contributed by atoms with Gasteiger partial charge in [0.15, 0.2) is 0 Å². The predicted molar refractivity (Wildman–Crippen MR) is 89.0 cm³/mol. The monoisotopic (exact) mass is 384 g/mol. The minimum absolute atomic E-state index is 0.560. The summed E-state index contributed by atoms with van der Waals surface area (Å²) in [6, 6.07) is 5.11. The van der Waals surface area contributed by atoms with Crippen molar-refractivity contribution in [2.24, 2.45) is 0 Å². The number of carbonyl (C=O) groups is 1. The molecule has 0 bridgehead atoms. The lowest BCUT2D eigenvalue weighted by Crippen LogP contribution is -2.36. The molecule has 0 unspecified atom stereocenters. The summed E-state index contributed by atoms with van der Waals surface area (Å²) in [6.07, 6.45) is 4.56. The van der Waals surface area contributed by atoms with Gasteiger partial charge in [-0.3, -0.25) is 4.90 Å². The lowest BCUT2D eigenvalue weighted by atomic mass is 10.1. The van der Waals surface area contributed by atoms with E-state index in [0.717, 1.165) is 25.6 Å². The van der Waals surface area contributed by atoms with E-state index in [2.05, 4.69) is 25.8 Å². The molecule has 2 atom stereocenters. The van der Waals surface area contributed by atoms with Gasteiger partial charge < -0.3 is 14.4 Å². The van der Waals surface area contributed by atoms with Crippen LogP contribution in [0.15, 0.2) is 41.5 Å². The summed E-state index contributed by atoms with van der Waals surface area (Å²) in [5.74, 6) is -1.88. The van der Waals surface area contributed by atoms with Crippen molar-refractivity contribution in [3.05, 3.63) is 42.6 Å². The van der Waals surface area contributed by atoms with Crippen molar-refractivity contribution < 1.29 is 27.5 Å². The van der Waals surface area contributed by atoms with E-state index in [4.69, 9.17) is 14.3 Å². The van der Waals surface area contributed by atoms with Crippen molar-refractivity contribution in [2.45, 2.75) is 37.6 Å². The zero-order chi connectivity index (χ0) is 19.4. The Hall–Kier alpha value is -2.62. The molecule has 2 aromatic heterocycles. The van der Waals surface area contributed by atoms with Crippen molar-refractivity contribution in [1.82, 2.24) is 14.9 Å². The van der Waals surface area contributed by atoms with Crippen molar-refractivity contribution in [1.29, 1.82) is 0 Å². The lowest BCUT2D eigenvalue weighted by Gasteiger charge is -2.25. The van der Waals surface area contributed by atoms with Crippen molar-refractivity contribution in [3.63, 3.8) is 0 Å². The number of alkyl halides is 3. The Kier molecular flexibility index (Phi) is 5.64. The molecule has 4 rings (SSSR count). The molecule has 2 aliphatic rings. The highest BCUT2D eigenvalue weighted by Gasteiger charge is 2.43. The smallest absolute Gasteiger partial charge is 0.475 e. The quantitative estimate of drug-likeness (QED) is 0.871. The maximum absolute atomic E-state index is 10.6. The number of aromatic nitrogens is 2. The van der Waals surface area contributed by atoms with Crippen molar-refractivity contribution >= 4 is 11.9 Å². The van der Waals surface area contributed by atoms with E-state index in [0.29, 0.717) is 12.1 Å². The highest BCUT2D eigenvalue weighted by Crippen LogP contribution is 2.34. The van der Waals surface area contributed by atoms with E-state index in [1.807, 2.05) is 24.7 Å². The maximum Gasteiger partial charge on any atom is 0.490 e. The average Bonchev–Trinajstić information content (AvgIpc) is 3.35. The second-order valence-corrected chi connectivity index (χ2v) is 6.36. The second kappa shape index (κ2) is 7.95. The molecule has 2 fully saturated rings. The molecular formula is C17H19F3N4O3. The zero-order valence-corrected chi connectivity index (χ0v) is 14.3.